The molecule has 3 heterocycles. The molecule has 0 aliphatic carbocycles. The summed E-state index contributed by atoms with van der Waals surface area (Å²) in [6, 6.07) is 22.1. The quantitative estimate of drug-likeness (QED) is 0.392. The highest BCUT2D eigenvalue weighted by Crippen LogP contribution is 2.39. The van der Waals surface area contributed by atoms with Crippen molar-refractivity contribution in [1.82, 2.24) is 14.5 Å². The van der Waals surface area contributed by atoms with Crippen LogP contribution in [0.2, 0.25) is 0 Å². The number of carbonyl (C=O) groups excluding carboxylic acids is 1. The van der Waals surface area contributed by atoms with Crippen LogP contribution in [0.3, 0.4) is 0 Å². The van der Waals surface area contributed by atoms with Gasteiger partial charge in [0.05, 0.1) is 6.04 Å². The third-order valence-electron chi connectivity index (χ3n) is 6.77. The Morgan fingerprint density at radius 3 is 2.57 bits per heavy atom. The van der Waals surface area contributed by atoms with Crippen LogP contribution in [0.4, 0.5) is 5.95 Å². The molecule has 6 rings (SSSR count). The Morgan fingerprint density at radius 2 is 1.81 bits per heavy atom. The molecule has 1 amide bonds. The number of aromatic nitrogens is 3. The summed E-state index contributed by atoms with van der Waals surface area (Å²) >= 11 is 0. The molecule has 0 bridgehead atoms. The van der Waals surface area contributed by atoms with Gasteiger partial charge in [0.25, 0.3) is 11.4 Å². The fraction of sp³-hybridized carbons (Fsp3) is 0.143. The molecule has 9 heteroatoms. The molecule has 1 aliphatic heterocycles. The van der Waals surface area contributed by atoms with E-state index in [4.69, 9.17) is 15.1 Å². The first-order valence-corrected chi connectivity index (χ1v) is 11.8. The lowest BCUT2D eigenvalue weighted by atomic mass is 9.87. The Morgan fingerprint density at radius 1 is 1.05 bits per heavy atom. The lowest BCUT2D eigenvalue weighted by Gasteiger charge is -2.39. The predicted octanol–water partition coefficient (Wildman–Crippen LogP) is 3.55. The largest absolute Gasteiger partial charge is 0.501 e. The van der Waals surface area contributed by atoms with Crippen LogP contribution in [0.25, 0.3) is 22.7 Å². The van der Waals surface area contributed by atoms with Crippen molar-refractivity contribution in [3.63, 3.8) is 0 Å². The van der Waals surface area contributed by atoms with E-state index in [0.717, 1.165) is 16.7 Å². The molecule has 2 aromatic heterocycles. The summed E-state index contributed by atoms with van der Waals surface area (Å²) in [4.78, 5) is 36.3. The zero-order valence-electron chi connectivity index (χ0n) is 20.0. The number of amides is 1. The number of rotatable bonds is 4. The maximum Gasteiger partial charge on any atom is 0.297 e. The number of hydrogen-bond donors (Lipinski definition) is 2. The molecule has 3 aromatic carbocycles. The SMILES string of the molecule is Cn1c(N2CCc3ccc(C(N)=O)cc3C2c2ccccc2)nc(-c2nc3ccccc3o2)c(O)c1=O. The fourth-order valence-electron chi connectivity index (χ4n) is 4.94. The molecule has 184 valence electrons. The molecule has 0 saturated heterocycles. The first-order valence-electron chi connectivity index (χ1n) is 11.8. The van der Waals surface area contributed by atoms with Gasteiger partial charge in [0, 0.05) is 19.2 Å². The third-order valence-corrected chi connectivity index (χ3v) is 6.77. The summed E-state index contributed by atoms with van der Waals surface area (Å²) in [5, 5.41) is 10.8. The Kier molecular flexibility index (Phi) is 5.26. The Hall–Kier alpha value is -4.92. The van der Waals surface area contributed by atoms with Crippen LogP contribution >= 0.6 is 0 Å². The summed E-state index contributed by atoms with van der Waals surface area (Å²) in [6.45, 7) is 0.542. The minimum Gasteiger partial charge on any atom is -0.501 e. The molecule has 1 aliphatic rings. The Balaban J connectivity index is 1.56. The number of anilines is 1. The highest BCUT2D eigenvalue weighted by atomic mass is 16.4. The Bertz CT molecular complexity index is 1690. The van der Waals surface area contributed by atoms with Gasteiger partial charge in [-0.3, -0.25) is 14.2 Å². The zero-order chi connectivity index (χ0) is 25.7. The van der Waals surface area contributed by atoms with Gasteiger partial charge in [-0.2, -0.15) is 0 Å². The number of aromatic hydroxyl groups is 1. The minimum atomic E-state index is -0.620. The van der Waals surface area contributed by atoms with Crippen LogP contribution in [0.15, 0.2) is 82.0 Å². The molecular formula is C28H23N5O4. The van der Waals surface area contributed by atoms with Crippen molar-refractivity contribution >= 4 is 23.0 Å². The van der Waals surface area contributed by atoms with Gasteiger partial charge in [0.15, 0.2) is 11.3 Å². The van der Waals surface area contributed by atoms with Crippen molar-refractivity contribution in [3.8, 4) is 17.3 Å². The number of carbonyl (C=O) groups is 1. The number of para-hydroxylation sites is 2. The van der Waals surface area contributed by atoms with Crippen molar-refractivity contribution in [2.24, 2.45) is 12.8 Å². The smallest absolute Gasteiger partial charge is 0.297 e. The molecule has 3 N–H and O–H groups in total. The normalized spacial score (nSPS) is 15.1. The summed E-state index contributed by atoms with van der Waals surface area (Å²) in [5.74, 6) is -0.658. The number of nitrogens with zero attached hydrogens (tertiary/aromatic N) is 4. The number of hydrogen-bond acceptors (Lipinski definition) is 7. The van der Waals surface area contributed by atoms with Crippen molar-refractivity contribution in [1.29, 1.82) is 0 Å². The molecule has 0 saturated carbocycles. The van der Waals surface area contributed by atoms with E-state index in [9.17, 15) is 14.7 Å². The molecule has 9 nitrogen and oxygen atoms in total. The topological polar surface area (TPSA) is 127 Å². The van der Waals surface area contributed by atoms with E-state index < -0.39 is 17.2 Å². The van der Waals surface area contributed by atoms with E-state index >= 15 is 0 Å². The van der Waals surface area contributed by atoms with Gasteiger partial charge >= 0.3 is 0 Å². The van der Waals surface area contributed by atoms with Crippen LogP contribution in [0.5, 0.6) is 5.75 Å². The predicted molar refractivity (Wildman–Crippen MR) is 138 cm³/mol. The highest BCUT2D eigenvalue weighted by molar-refractivity contribution is 5.93. The standard InChI is InChI=1S/C28H23N5O4/c1-32-27(36)24(34)22(26-30-20-9-5-6-10-21(20)37-26)31-28(32)33-14-13-16-11-12-18(25(29)35)15-19(16)23(33)17-7-3-2-4-8-17/h2-12,15,23,34H,13-14H2,1H3,(H2,29,35). The van der Waals surface area contributed by atoms with Crippen LogP contribution in [0, 0.1) is 0 Å². The highest BCUT2D eigenvalue weighted by Gasteiger charge is 2.33. The number of primary amides is 1. The molecule has 5 aromatic rings. The van der Waals surface area contributed by atoms with E-state index in [1.54, 1.807) is 25.2 Å². The van der Waals surface area contributed by atoms with Crippen molar-refractivity contribution in [2.45, 2.75) is 12.5 Å². The monoisotopic (exact) mass is 493 g/mol. The van der Waals surface area contributed by atoms with E-state index in [2.05, 4.69) is 4.98 Å². The molecule has 0 spiro atoms. The van der Waals surface area contributed by atoms with Crippen LogP contribution in [-0.2, 0) is 13.5 Å². The van der Waals surface area contributed by atoms with Gasteiger partial charge < -0.3 is 20.2 Å². The summed E-state index contributed by atoms with van der Waals surface area (Å²) in [6.07, 6.45) is 0.659. The fourth-order valence-corrected chi connectivity index (χ4v) is 4.94. The second-order valence-corrected chi connectivity index (χ2v) is 8.99. The lowest BCUT2D eigenvalue weighted by Crippen LogP contribution is -2.40. The van der Waals surface area contributed by atoms with E-state index in [1.807, 2.05) is 59.5 Å². The molecule has 0 radical (unpaired) electrons. The van der Waals surface area contributed by atoms with Crippen LogP contribution < -0.4 is 16.2 Å². The minimum absolute atomic E-state index is 0.0298. The zero-order valence-corrected chi connectivity index (χ0v) is 20.0. The van der Waals surface area contributed by atoms with Crippen molar-refractivity contribution < 1.29 is 14.3 Å². The van der Waals surface area contributed by atoms with Crippen molar-refractivity contribution in [3.05, 3.63) is 105 Å². The second-order valence-electron chi connectivity index (χ2n) is 8.99. The number of nitrogens with two attached hydrogens (primary N) is 1. The maximum atomic E-state index is 13.2. The summed E-state index contributed by atoms with van der Waals surface area (Å²) in [7, 11) is 1.57. The van der Waals surface area contributed by atoms with Gasteiger partial charge in [0.2, 0.25) is 17.6 Å². The van der Waals surface area contributed by atoms with Gasteiger partial charge in [-0.25, -0.2) is 9.97 Å². The van der Waals surface area contributed by atoms with Gasteiger partial charge in [-0.1, -0.05) is 48.5 Å². The molecule has 1 atom stereocenters. The maximum absolute atomic E-state index is 13.2. The molecule has 37 heavy (non-hydrogen) atoms. The van der Waals surface area contributed by atoms with Crippen LogP contribution in [-0.4, -0.2) is 32.1 Å². The average molecular weight is 494 g/mol. The summed E-state index contributed by atoms with van der Waals surface area (Å²) in [5.41, 5.74) is 9.40. The first-order chi connectivity index (χ1) is 17.9. The van der Waals surface area contributed by atoms with Gasteiger partial charge in [-0.05, 0) is 47.4 Å². The summed E-state index contributed by atoms with van der Waals surface area (Å²) < 4.78 is 7.15. The van der Waals surface area contributed by atoms with E-state index in [0.29, 0.717) is 35.6 Å². The van der Waals surface area contributed by atoms with Gasteiger partial charge in [-0.15, -0.1) is 0 Å². The number of fused-ring (bicyclic) bond motifs is 2. The van der Waals surface area contributed by atoms with E-state index in [-0.39, 0.29) is 17.6 Å². The number of benzene rings is 3. The van der Waals surface area contributed by atoms with E-state index in [1.165, 1.54) is 4.57 Å². The Labute approximate surface area is 211 Å². The van der Waals surface area contributed by atoms with Crippen molar-refractivity contribution in [2.75, 3.05) is 11.4 Å². The lowest BCUT2D eigenvalue weighted by molar-refractivity contribution is 0.1000. The number of oxazole rings is 1. The molecule has 1 unspecified atom stereocenters. The van der Waals surface area contributed by atoms with Gasteiger partial charge in [0.1, 0.15) is 5.52 Å². The second kappa shape index (κ2) is 8.63. The molecular weight excluding hydrogens is 470 g/mol. The molecule has 0 fully saturated rings. The van der Waals surface area contributed by atoms with Crippen LogP contribution in [0.1, 0.15) is 33.1 Å². The third kappa shape index (κ3) is 3.72. The first kappa shape index (κ1) is 22.5. The average Bonchev–Trinajstić information content (AvgIpc) is 3.35.